The number of alkyl halides is 4. The molecule has 0 aliphatic rings. The summed E-state index contributed by atoms with van der Waals surface area (Å²) >= 11 is 5.70. The SMILES string of the molecule is FC(F)C(F)C(Cl)c1ccc(-c2ccccc2)cc1. The van der Waals surface area contributed by atoms with Crippen LogP contribution in [0.2, 0.25) is 0 Å². The maximum Gasteiger partial charge on any atom is 0.271 e. The summed E-state index contributed by atoms with van der Waals surface area (Å²) in [7, 11) is 0. The van der Waals surface area contributed by atoms with Gasteiger partial charge in [0.05, 0.1) is 5.38 Å². The summed E-state index contributed by atoms with van der Waals surface area (Å²) in [6, 6.07) is 16.2. The molecule has 0 spiro atoms. The summed E-state index contributed by atoms with van der Waals surface area (Å²) in [4.78, 5) is 0. The second kappa shape index (κ2) is 6.11. The van der Waals surface area contributed by atoms with Gasteiger partial charge >= 0.3 is 0 Å². The Kier molecular flexibility index (Phi) is 4.48. The second-order valence-corrected chi connectivity index (χ2v) is 4.64. The lowest BCUT2D eigenvalue weighted by molar-refractivity contribution is 0.0476. The van der Waals surface area contributed by atoms with Crippen LogP contribution in [0.15, 0.2) is 54.6 Å². The van der Waals surface area contributed by atoms with Crippen LogP contribution in [-0.2, 0) is 0 Å². The van der Waals surface area contributed by atoms with E-state index in [0.29, 0.717) is 5.56 Å². The fourth-order valence-corrected chi connectivity index (χ4v) is 2.06. The van der Waals surface area contributed by atoms with Crippen molar-refractivity contribution in [3.05, 3.63) is 60.2 Å². The van der Waals surface area contributed by atoms with E-state index in [9.17, 15) is 13.2 Å². The summed E-state index contributed by atoms with van der Waals surface area (Å²) in [5.74, 6) is 0. The monoisotopic (exact) mass is 284 g/mol. The predicted octanol–water partition coefficient (Wildman–Crippen LogP) is 5.24. The Hall–Kier alpha value is -1.48. The minimum Gasteiger partial charge on any atom is -0.239 e. The van der Waals surface area contributed by atoms with Crippen LogP contribution in [0.4, 0.5) is 13.2 Å². The molecule has 0 amide bonds. The predicted molar refractivity (Wildman–Crippen MR) is 71.4 cm³/mol. The molecule has 19 heavy (non-hydrogen) atoms. The van der Waals surface area contributed by atoms with Crippen molar-refractivity contribution in [2.75, 3.05) is 0 Å². The fourth-order valence-electron chi connectivity index (χ4n) is 1.80. The Morgan fingerprint density at radius 1 is 0.737 bits per heavy atom. The van der Waals surface area contributed by atoms with Crippen molar-refractivity contribution in [3.63, 3.8) is 0 Å². The van der Waals surface area contributed by atoms with Crippen LogP contribution in [0.5, 0.6) is 0 Å². The molecule has 0 saturated carbocycles. The third kappa shape index (κ3) is 3.29. The maximum atomic E-state index is 13.1. The molecule has 2 rings (SSSR count). The van der Waals surface area contributed by atoms with Gasteiger partial charge in [-0.1, -0.05) is 54.6 Å². The van der Waals surface area contributed by atoms with Gasteiger partial charge in [-0.2, -0.15) is 0 Å². The van der Waals surface area contributed by atoms with Gasteiger partial charge < -0.3 is 0 Å². The molecule has 4 heteroatoms. The van der Waals surface area contributed by atoms with E-state index in [2.05, 4.69) is 0 Å². The molecular weight excluding hydrogens is 273 g/mol. The van der Waals surface area contributed by atoms with E-state index in [1.54, 1.807) is 24.3 Å². The molecule has 0 bridgehead atoms. The first kappa shape index (κ1) is 13.9. The first-order valence-electron chi connectivity index (χ1n) is 5.81. The number of hydrogen-bond donors (Lipinski definition) is 0. The van der Waals surface area contributed by atoms with E-state index in [0.717, 1.165) is 11.1 Å². The zero-order chi connectivity index (χ0) is 13.8. The molecule has 2 aromatic rings. The van der Waals surface area contributed by atoms with Crippen molar-refractivity contribution in [2.45, 2.75) is 18.0 Å². The molecule has 0 N–H and O–H groups in total. The standard InChI is InChI=1S/C15H12ClF3/c16-13(14(17)15(18)19)12-8-6-11(7-9-12)10-4-2-1-3-5-10/h1-9,13-15H. The third-order valence-electron chi connectivity index (χ3n) is 2.86. The Morgan fingerprint density at radius 3 is 1.79 bits per heavy atom. The summed E-state index contributed by atoms with van der Waals surface area (Å²) < 4.78 is 37.6. The lowest BCUT2D eigenvalue weighted by atomic mass is 10.0. The van der Waals surface area contributed by atoms with Crippen LogP contribution in [0.3, 0.4) is 0 Å². The Balaban J connectivity index is 2.19. The van der Waals surface area contributed by atoms with Crippen LogP contribution < -0.4 is 0 Å². The quantitative estimate of drug-likeness (QED) is 0.674. The zero-order valence-corrected chi connectivity index (χ0v) is 10.7. The number of benzene rings is 2. The van der Waals surface area contributed by atoms with Crippen LogP contribution in [-0.4, -0.2) is 12.6 Å². The van der Waals surface area contributed by atoms with Crippen molar-refractivity contribution in [1.82, 2.24) is 0 Å². The molecule has 2 unspecified atom stereocenters. The molecule has 0 aliphatic heterocycles. The highest BCUT2D eigenvalue weighted by Gasteiger charge is 2.29. The summed E-state index contributed by atoms with van der Waals surface area (Å²) in [5, 5.41) is -1.33. The average molecular weight is 285 g/mol. The van der Waals surface area contributed by atoms with E-state index in [-0.39, 0.29) is 0 Å². The van der Waals surface area contributed by atoms with E-state index in [4.69, 9.17) is 11.6 Å². The minimum atomic E-state index is -3.07. The maximum absolute atomic E-state index is 13.1. The van der Waals surface area contributed by atoms with Gasteiger partial charge in [-0.25, -0.2) is 13.2 Å². The minimum absolute atomic E-state index is 0.356. The third-order valence-corrected chi connectivity index (χ3v) is 3.35. The van der Waals surface area contributed by atoms with Crippen molar-refractivity contribution < 1.29 is 13.2 Å². The average Bonchev–Trinajstić information content (AvgIpc) is 2.46. The van der Waals surface area contributed by atoms with Crippen LogP contribution in [0, 0.1) is 0 Å². The lowest BCUT2D eigenvalue weighted by Crippen LogP contribution is -2.17. The molecular formula is C15H12ClF3. The summed E-state index contributed by atoms with van der Waals surface area (Å²) in [6.07, 6.45) is -5.43. The molecule has 0 radical (unpaired) electrons. The Bertz CT molecular complexity index is 511. The van der Waals surface area contributed by atoms with Gasteiger partial charge in [0.2, 0.25) is 0 Å². The highest BCUT2D eigenvalue weighted by atomic mass is 35.5. The van der Waals surface area contributed by atoms with Crippen LogP contribution in [0.25, 0.3) is 11.1 Å². The molecule has 100 valence electrons. The molecule has 2 aromatic carbocycles. The van der Waals surface area contributed by atoms with Crippen molar-refractivity contribution in [1.29, 1.82) is 0 Å². The van der Waals surface area contributed by atoms with E-state index in [1.807, 2.05) is 30.3 Å². The van der Waals surface area contributed by atoms with Crippen molar-refractivity contribution in [3.8, 4) is 11.1 Å². The van der Waals surface area contributed by atoms with Gasteiger partial charge in [0.25, 0.3) is 6.43 Å². The number of halogens is 4. The van der Waals surface area contributed by atoms with Crippen LogP contribution in [0.1, 0.15) is 10.9 Å². The van der Waals surface area contributed by atoms with Crippen molar-refractivity contribution in [2.24, 2.45) is 0 Å². The molecule has 2 atom stereocenters. The molecule has 0 heterocycles. The fraction of sp³-hybridized carbons (Fsp3) is 0.200. The van der Waals surface area contributed by atoms with Gasteiger partial charge in [0.1, 0.15) is 0 Å². The molecule has 0 nitrogen and oxygen atoms in total. The largest absolute Gasteiger partial charge is 0.271 e. The number of rotatable bonds is 4. The topological polar surface area (TPSA) is 0 Å². The highest BCUT2D eigenvalue weighted by molar-refractivity contribution is 6.21. The Morgan fingerprint density at radius 2 is 1.26 bits per heavy atom. The summed E-state index contributed by atoms with van der Waals surface area (Å²) in [6.45, 7) is 0. The van der Waals surface area contributed by atoms with Gasteiger partial charge in [0.15, 0.2) is 6.17 Å². The van der Waals surface area contributed by atoms with Gasteiger partial charge in [-0.05, 0) is 16.7 Å². The zero-order valence-electron chi connectivity index (χ0n) is 9.94. The number of hydrogen-bond acceptors (Lipinski definition) is 0. The van der Waals surface area contributed by atoms with E-state index < -0.39 is 18.0 Å². The Labute approximate surface area is 114 Å². The lowest BCUT2D eigenvalue weighted by Gasteiger charge is -2.14. The molecule has 0 aromatic heterocycles. The van der Waals surface area contributed by atoms with E-state index in [1.165, 1.54) is 0 Å². The van der Waals surface area contributed by atoms with E-state index >= 15 is 0 Å². The van der Waals surface area contributed by atoms with Crippen LogP contribution >= 0.6 is 11.6 Å². The normalized spacial score (nSPS) is 14.4. The van der Waals surface area contributed by atoms with Gasteiger partial charge in [-0.3, -0.25) is 0 Å². The molecule has 0 aliphatic carbocycles. The van der Waals surface area contributed by atoms with Gasteiger partial charge in [-0.15, -0.1) is 11.6 Å². The molecule has 0 fully saturated rings. The van der Waals surface area contributed by atoms with Crippen molar-refractivity contribution >= 4 is 11.6 Å². The first-order chi connectivity index (χ1) is 9.09. The first-order valence-corrected chi connectivity index (χ1v) is 6.25. The summed E-state index contributed by atoms with van der Waals surface area (Å²) in [5.41, 5.74) is 2.29. The van der Waals surface area contributed by atoms with Gasteiger partial charge in [0, 0.05) is 0 Å². The highest BCUT2D eigenvalue weighted by Crippen LogP contribution is 2.31. The smallest absolute Gasteiger partial charge is 0.239 e. The second-order valence-electron chi connectivity index (χ2n) is 4.17. The molecule has 0 saturated heterocycles.